The fourth-order valence-corrected chi connectivity index (χ4v) is 2.37. The van der Waals surface area contributed by atoms with Crippen LogP contribution in [-0.2, 0) is 6.54 Å². The van der Waals surface area contributed by atoms with Crippen LogP contribution in [0.15, 0.2) is 30.3 Å². The van der Waals surface area contributed by atoms with E-state index in [1.165, 1.54) is 0 Å². The molecule has 21 heavy (non-hydrogen) atoms. The highest BCUT2D eigenvalue weighted by Gasteiger charge is 2.17. The van der Waals surface area contributed by atoms with Gasteiger partial charge in [0.2, 0.25) is 0 Å². The maximum absolute atomic E-state index is 8.92. The lowest BCUT2D eigenvalue weighted by atomic mass is 9.88. The van der Waals surface area contributed by atoms with E-state index in [-0.39, 0.29) is 12.0 Å². The first kappa shape index (κ1) is 15.7. The van der Waals surface area contributed by atoms with E-state index in [1.54, 1.807) is 0 Å². The maximum atomic E-state index is 8.92. The standard InChI is InChI=1S/C16H24N4O/c1-16(2,9-6-10-21)12-17-11-14-15(19-20-18-14)13-7-4-3-5-8-13/h3-5,7-8,17,21H,6,9-12H2,1-2H3,(H,18,19,20). The van der Waals surface area contributed by atoms with Crippen molar-refractivity contribution in [1.29, 1.82) is 0 Å². The van der Waals surface area contributed by atoms with E-state index >= 15 is 0 Å². The van der Waals surface area contributed by atoms with Gasteiger partial charge in [0.15, 0.2) is 0 Å². The summed E-state index contributed by atoms with van der Waals surface area (Å²) in [7, 11) is 0. The number of aliphatic hydroxyl groups is 1. The molecule has 0 unspecified atom stereocenters. The topological polar surface area (TPSA) is 73.8 Å². The Labute approximate surface area is 125 Å². The number of hydrogen-bond donors (Lipinski definition) is 3. The molecule has 0 atom stereocenters. The first-order valence-corrected chi connectivity index (χ1v) is 7.39. The Morgan fingerprint density at radius 3 is 2.67 bits per heavy atom. The van der Waals surface area contributed by atoms with E-state index in [2.05, 4.69) is 34.6 Å². The van der Waals surface area contributed by atoms with Crippen LogP contribution in [0.5, 0.6) is 0 Å². The second kappa shape index (κ2) is 7.33. The van der Waals surface area contributed by atoms with Gasteiger partial charge in [0.25, 0.3) is 0 Å². The molecule has 0 aliphatic carbocycles. The van der Waals surface area contributed by atoms with Gasteiger partial charge in [-0.15, -0.1) is 0 Å². The van der Waals surface area contributed by atoms with Crippen LogP contribution in [0.4, 0.5) is 0 Å². The van der Waals surface area contributed by atoms with E-state index in [4.69, 9.17) is 5.11 Å². The minimum atomic E-state index is 0.166. The summed E-state index contributed by atoms with van der Waals surface area (Å²) in [6.45, 7) is 6.23. The number of aromatic nitrogens is 3. The van der Waals surface area contributed by atoms with Crippen LogP contribution in [0.25, 0.3) is 11.3 Å². The summed E-state index contributed by atoms with van der Waals surface area (Å²) in [5.41, 5.74) is 3.07. The Morgan fingerprint density at radius 2 is 1.95 bits per heavy atom. The summed E-state index contributed by atoms with van der Waals surface area (Å²) < 4.78 is 0. The molecular weight excluding hydrogens is 264 g/mol. The molecule has 0 aliphatic rings. The van der Waals surface area contributed by atoms with Gasteiger partial charge in [0.05, 0.1) is 0 Å². The summed E-state index contributed by atoms with van der Waals surface area (Å²) in [6.07, 6.45) is 1.84. The summed E-state index contributed by atoms with van der Waals surface area (Å²) in [5, 5.41) is 23.6. The molecule has 0 radical (unpaired) electrons. The number of aromatic amines is 1. The van der Waals surface area contributed by atoms with Crippen molar-refractivity contribution < 1.29 is 5.11 Å². The monoisotopic (exact) mass is 288 g/mol. The third-order valence-electron chi connectivity index (χ3n) is 3.58. The zero-order chi connectivity index (χ0) is 15.1. The first-order valence-electron chi connectivity index (χ1n) is 7.39. The molecule has 1 heterocycles. The van der Waals surface area contributed by atoms with Gasteiger partial charge in [-0.2, -0.15) is 15.4 Å². The third-order valence-corrected chi connectivity index (χ3v) is 3.58. The van der Waals surface area contributed by atoms with E-state index in [9.17, 15) is 0 Å². The Bertz CT molecular complexity index is 536. The number of rotatable bonds is 8. The van der Waals surface area contributed by atoms with Gasteiger partial charge in [-0.3, -0.25) is 0 Å². The highest BCUT2D eigenvalue weighted by atomic mass is 16.2. The van der Waals surface area contributed by atoms with E-state index in [0.717, 1.165) is 36.3 Å². The lowest BCUT2D eigenvalue weighted by molar-refractivity contribution is 0.236. The molecule has 2 rings (SSSR count). The van der Waals surface area contributed by atoms with E-state index < -0.39 is 0 Å². The van der Waals surface area contributed by atoms with Crippen LogP contribution in [0.2, 0.25) is 0 Å². The molecule has 0 spiro atoms. The fourth-order valence-electron chi connectivity index (χ4n) is 2.37. The molecule has 0 aliphatic heterocycles. The number of aliphatic hydroxyl groups excluding tert-OH is 1. The van der Waals surface area contributed by atoms with Crippen LogP contribution in [0.1, 0.15) is 32.4 Å². The summed E-state index contributed by atoms with van der Waals surface area (Å²) in [4.78, 5) is 0. The predicted molar refractivity (Wildman–Crippen MR) is 83.6 cm³/mol. The Hall–Kier alpha value is -1.72. The van der Waals surface area contributed by atoms with E-state index in [1.807, 2.05) is 30.3 Å². The zero-order valence-electron chi connectivity index (χ0n) is 12.8. The molecule has 5 heteroatoms. The molecule has 0 fully saturated rings. The molecule has 1 aromatic heterocycles. The van der Waals surface area contributed by atoms with Gasteiger partial charge in [0, 0.05) is 25.3 Å². The number of nitrogens with zero attached hydrogens (tertiary/aromatic N) is 2. The Kier molecular flexibility index (Phi) is 5.47. The van der Waals surface area contributed by atoms with Crippen LogP contribution in [-0.4, -0.2) is 33.7 Å². The van der Waals surface area contributed by atoms with Crippen molar-refractivity contribution in [2.24, 2.45) is 5.41 Å². The van der Waals surface area contributed by atoms with Crippen molar-refractivity contribution >= 4 is 0 Å². The van der Waals surface area contributed by atoms with Gasteiger partial charge in [0.1, 0.15) is 11.4 Å². The Morgan fingerprint density at radius 1 is 1.19 bits per heavy atom. The molecule has 114 valence electrons. The van der Waals surface area contributed by atoms with Crippen LogP contribution < -0.4 is 5.32 Å². The van der Waals surface area contributed by atoms with Crippen molar-refractivity contribution in [3.8, 4) is 11.3 Å². The molecule has 3 N–H and O–H groups in total. The Balaban J connectivity index is 1.92. The number of nitrogens with one attached hydrogen (secondary N) is 2. The smallest absolute Gasteiger partial charge is 0.117 e. The normalized spacial score (nSPS) is 11.8. The molecule has 0 amide bonds. The minimum Gasteiger partial charge on any atom is -0.396 e. The second-order valence-corrected chi connectivity index (χ2v) is 6.08. The predicted octanol–water partition coefficient (Wildman–Crippen LogP) is 2.36. The van der Waals surface area contributed by atoms with Gasteiger partial charge >= 0.3 is 0 Å². The average Bonchev–Trinajstić information content (AvgIpc) is 2.94. The van der Waals surface area contributed by atoms with Crippen molar-refractivity contribution in [2.45, 2.75) is 33.2 Å². The van der Waals surface area contributed by atoms with Crippen molar-refractivity contribution in [3.05, 3.63) is 36.0 Å². The quantitative estimate of drug-likeness (QED) is 0.697. The maximum Gasteiger partial charge on any atom is 0.117 e. The largest absolute Gasteiger partial charge is 0.396 e. The molecule has 5 nitrogen and oxygen atoms in total. The van der Waals surface area contributed by atoms with E-state index in [0.29, 0.717) is 6.54 Å². The highest BCUT2D eigenvalue weighted by molar-refractivity contribution is 5.60. The molecule has 2 aromatic rings. The van der Waals surface area contributed by atoms with Gasteiger partial charge in [-0.1, -0.05) is 44.2 Å². The van der Waals surface area contributed by atoms with Crippen molar-refractivity contribution in [1.82, 2.24) is 20.7 Å². The third kappa shape index (κ3) is 4.65. The molecule has 0 bridgehead atoms. The number of hydrogen-bond acceptors (Lipinski definition) is 4. The zero-order valence-corrected chi connectivity index (χ0v) is 12.8. The summed E-state index contributed by atoms with van der Waals surface area (Å²) in [5.74, 6) is 0. The summed E-state index contributed by atoms with van der Waals surface area (Å²) >= 11 is 0. The van der Waals surface area contributed by atoms with Gasteiger partial charge < -0.3 is 10.4 Å². The van der Waals surface area contributed by atoms with Crippen LogP contribution >= 0.6 is 0 Å². The molecular formula is C16H24N4O. The van der Waals surface area contributed by atoms with Crippen molar-refractivity contribution in [3.63, 3.8) is 0 Å². The molecule has 0 saturated carbocycles. The lowest BCUT2D eigenvalue weighted by Crippen LogP contribution is -2.29. The SMILES string of the molecule is CC(C)(CCCO)CNCc1n[nH]nc1-c1ccccc1. The van der Waals surface area contributed by atoms with Crippen LogP contribution in [0.3, 0.4) is 0 Å². The minimum absolute atomic E-state index is 0.166. The average molecular weight is 288 g/mol. The molecule has 0 saturated heterocycles. The van der Waals surface area contributed by atoms with Crippen molar-refractivity contribution in [2.75, 3.05) is 13.2 Å². The lowest BCUT2D eigenvalue weighted by Gasteiger charge is -2.24. The second-order valence-electron chi connectivity index (χ2n) is 6.08. The first-order chi connectivity index (χ1) is 10.1. The van der Waals surface area contributed by atoms with Gasteiger partial charge in [-0.05, 0) is 18.3 Å². The fraction of sp³-hybridized carbons (Fsp3) is 0.500. The van der Waals surface area contributed by atoms with Gasteiger partial charge in [-0.25, -0.2) is 0 Å². The molecule has 1 aromatic carbocycles. The summed E-state index contributed by atoms with van der Waals surface area (Å²) in [6, 6.07) is 10.1. The van der Waals surface area contributed by atoms with Crippen LogP contribution in [0, 0.1) is 5.41 Å². The highest BCUT2D eigenvalue weighted by Crippen LogP contribution is 2.22. The number of benzene rings is 1. The number of H-pyrrole nitrogens is 1.